The van der Waals surface area contributed by atoms with E-state index in [1.807, 2.05) is 16.8 Å². The van der Waals surface area contributed by atoms with Gasteiger partial charge in [-0.25, -0.2) is 9.37 Å². The van der Waals surface area contributed by atoms with Crippen molar-refractivity contribution >= 4 is 34.5 Å². The highest BCUT2D eigenvalue weighted by Gasteiger charge is 2.26. The Hall–Kier alpha value is -2.58. The number of carbonyl (C=O) groups is 2. The first-order valence-electron chi connectivity index (χ1n) is 8.44. The first-order valence-corrected chi connectivity index (χ1v) is 10.3. The second-order valence-corrected chi connectivity index (χ2v) is 7.78. The van der Waals surface area contributed by atoms with Crippen LogP contribution in [0.5, 0.6) is 0 Å². The summed E-state index contributed by atoms with van der Waals surface area (Å²) in [5.74, 6) is -0.621. The molecule has 1 fully saturated rings. The van der Waals surface area contributed by atoms with Gasteiger partial charge in [-0.15, -0.1) is 11.3 Å². The highest BCUT2D eigenvalue weighted by atomic mass is 32.1. The van der Waals surface area contributed by atoms with Gasteiger partial charge in [0.15, 0.2) is 0 Å². The van der Waals surface area contributed by atoms with Crippen LogP contribution in [0.3, 0.4) is 0 Å². The third-order valence-corrected chi connectivity index (χ3v) is 6.01. The Kier molecular flexibility index (Phi) is 5.00. The molecular formula is C19H16FN3O2S2. The van der Waals surface area contributed by atoms with Gasteiger partial charge in [0.1, 0.15) is 16.5 Å². The van der Waals surface area contributed by atoms with Gasteiger partial charge in [0.05, 0.1) is 0 Å². The zero-order valence-corrected chi connectivity index (χ0v) is 15.9. The van der Waals surface area contributed by atoms with Gasteiger partial charge in [0, 0.05) is 48.1 Å². The van der Waals surface area contributed by atoms with E-state index in [-0.39, 0.29) is 17.6 Å². The van der Waals surface area contributed by atoms with Crippen molar-refractivity contribution in [2.75, 3.05) is 26.2 Å². The highest BCUT2D eigenvalue weighted by molar-refractivity contribution is 7.14. The Morgan fingerprint density at radius 2 is 1.59 bits per heavy atom. The van der Waals surface area contributed by atoms with E-state index in [4.69, 9.17) is 0 Å². The van der Waals surface area contributed by atoms with Gasteiger partial charge >= 0.3 is 0 Å². The fraction of sp³-hybridized carbons (Fsp3) is 0.211. The van der Waals surface area contributed by atoms with Gasteiger partial charge in [-0.3, -0.25) is 9.59 Å². The molecule has 1 aromatic carbocycles. The van der Waals surface area contributed by atoms with Crippen LogP contribution in [0.4, 0.5) is 4.39 Å². The van der Waals surface area contributed by atoms with E-state index in [1.165, 1.54) is 35.6 Å². The van der Waals surface area contributed by atoms with Crippen LogP contribution in [0.1, 0.15) is 20.8 Å². The normalized spacial score (nSPS) is 14.4. The Bertz CT molecular complexity index is 946. The van der Waals surface area contributed by atoms with Crippen LogP contribution in [0.15, 0.2) is 46.5 Å². The molecule has 8 heteroatoms. The summed E-state index contributed by atoms with van der Waals surface area (Å²) in [6, 6.07) is 7.51. The van der Waals surface area contributed by atoms with Crippen LogP contribution in [-0.4, -0.2) is 52.8 Å². The van der Waals surface area contributed by atoms with Gasteiger partial charge in [0.2, 0.25) is 0 Å². The topological polar surface area (TPSA) is 53.5 Å². The molecule has 0 atom stereocenters. The van der Waals surface area contributed by atoms with Crippen molar-refractivity contribution in [2.45, 2.75) is 0 Å². The summed E-state index contributed by atoms with van der Waals surface area (Å²) in [5.41, 5.74) is 1.93. The number of halogens is 1. The number of thiazole rings is 1. The lowest BCUT2D eigenvalue weighted by Crippen LogP contribution is -2.50. The largest absolute Gasteiger partial charge is 0.335 e. The minimum atomic E-state index is -0.368. The Morgan fingerprint density at radius 1 is 0.926 bits per heavy atom. The summed E-state index contributed by atoms with van der Waals surface area (Å²) in [6.45, 7) is 1.81. The number of piperazine rings is 1. The van der Waals surface area contributed by atoms with Gasteiger partial charge in [0.25, 0.3) is 11.8 Å². The molecule has 0 unspecified atom stereocenters. The lowest BCUT2D eigenvalue weighted by Gasteiger charge is -2.34. The maximum atomic E-state index is 13.0. The zero-order valence-electron chi connectivity index (χ0n) is 14.3. The highest BCUT2D eigenvalue weighted by Crippen LogP contribution is 2.26. The van der Waals surface area contributed by atoms with E-state index in [0.717, 1.165) is 10.6 Å². The van der Waals surface area contributed by atoms with Crippen LogP contribution in [-0.2, 0) is 0 Å². The Balaban J connectivity index is 1.38. The first-order chi connectivity index (χ1) is 13.1. The molecule has 0 N–H and O–H groups in total. The predicted octanol–water partition coefficient (Wildman–Crippen LogP) is 3.61. The lowest BCUT2D eigenvalue weighted by molar-refractivity contribution is 0.0533. The zero-order chi connectivity index (χ0) is 18.8. The molecule has 138 valence electrons. The molecule has 1 saturated heterocycles. The second kappa shape index (κ2) is 7.58. The molecule has 0 saturated carbocycles. The van der Waals surface area contributed by atoms with Crippen LogP contribution in [0, 0.1) is 5.82 Å². The maximum Gasteiger partial charge on any atom is 0.273 e. The number of hydrogen-bond donors (Lipinski definition) is 0. The van der Waals surface area contributed by atoms with E-state index < -0.39 is 0 Å². The molecule has 2 amide bonds. The van der Waals surface area contributed by atoms with Crippen LogP contribution < -0.4 is 0 Å². The molecule has 1 aliphatic heterocycles. The van der Waals surface area contributed by atoms with Crippen LogP contribution in [0.2, 0.25) is 0 Å². The predicted molar refractivity (Wildman–Crippen MR) is 104 cm³/mol. The molecule has 2 aromatic heterocycles. The number of amides is 2. The molecular weight excluding hydrogens is 385 g/mol. The summed E-state index contributed by atoms with van der Waals surface area (Å²) in [6.07, 6.45) is 0. The van der Waals surface area contributed by atoms with E-state index in [9.17, 15) is 14.0 Å². The number of thiophene rings is 1. The minimum absolute atomic E-state index is 0.110. The smallest absolute Gasteiger partial charge is 0.273 e. The summed E-state index contributed by atoms with van der Waals surface area (Å²) in [4.78, 5) is 33.0. The van der Waals surface area contributed by atoms with Crippen molar-refractivity contribution in [3.8, 4) is 10.6 Å². The van der Waals surface area contributed by atoms with Crippen LogP contribution in [0.25, 0.3) is 10.6 Å². The Morgan fingerprint density at radius 3 is 2.22 bits per heavy atom. The molecule has 3 aromatic rings. The summed E-state index contributed by atoms with van der Waals surface area (Å²) >= 11 is 3.05. The summed E-state index contributed by atoms with van der Waals surface area (Å²) < 4.78 is 13.0. The molecule has 4 rings (SSSR count). The molecule has 3 heterocycles. The molecule has 0 bridgehead atoms. The van der Waals surface area contributed by atoms with E-state index in [1.54, 1.807) is 26.5 Å². The number of benzene rings is 1. The lowest BCUT2D eigenvalue weighted by atomic mass is 10.1. The van der Waals surface area contributed by atoms with Crippen molar-refractivity contribution in [3.05, 3.63) is 63.5 Å². The first kappa shape index (κ1) is 17.8. The van der Waals surface area contributed by atoms with Crippen LogP contribution >= 0.6 is 22.7 Å². The number of aromatic nitrogens is 1. The number of carbonyl (C=O) groups excluding carboxylic acids is 2. The fourth-order valence-corrected chi connectivity index (χ4v) is 4.45. The molecule has 0 radical (unpaired) electrons. The van der Waals surface area contributed by atoms with Crippen molar-refractivity contribution in [1.29, 1.82) is 0 Å². The minimum Gasteiger partial charge on any atom is -0.335 e. The third kappa shape index (κ3) is 3.77. The van der Waals surface area contributed by atoms with Gasteiger partial charge in [-0.1, -0.05) is 0 Å². The molecule has 0 aliphatic carbocycles. The number of hydrogen-bond acceptors (Lipinski definition) is 5. The van der Waals surface area contributed by atoms with E-state index >= 15 is 0 Å². The number of rotatable bonds is 3. The van der Waals surface area contributed by atoms with Crippen molar-refractivity contribution in [1.82, 2.24) is 14.8 Å². The van der Waals surface area contributed by atoms with Gasteiger partial charge in [-0.05, 0) is 35.7 Å². The molecule has 5 nitrogen and oxygen atoms in total. The standard InChI is InChI=1S/C19H16FN3O2S2/c20-15-3-1-13(2-4-15)18(24)22-6-8-23(9-7-22)19(25)16-12-27-17(21-16)14-5-10-26-11-14/h1-5,10-12H,6-9H2. The Labute approximate surface area is 163 Å². The molecule has 27 heavy (non-hydrogen) atoms. The van der Waals surface area contributed by atoms with Crippen molar-refractivity contribution < 1.29 is 14.0 Å². The molecule has 0 spiro atoms. The van der Waals surface area contributed by atoms with E-state index in [0.29, 0.717) is 37.4 Å². The quantitative estimate of drug-likeness (QED) is 0.674. The average Bonchev–Trinajstić information content (AvgIpc) is 3.39. The fourth-order valence-electron chi connectivity index (χ4n) is 2.94. The van der Waals surface area contributed by atoms with Gasteiger partial charge < -0.3 is 9.80 Å². The van der Waals surface area contributed by atoms with E-state index in [2.05, 4.69) is 4.98 Å². The SMILES string of the molecule is O=C(c1ccc(F)cc1)N1CCN(C(=O)c2csc(-c3ccsc3)n2)CC1. The van der Waals surface area contributed by atoms with Crippen molar-refractivity contribution in [2.24, 2.45) is 0 Å². The molecule has 1 aliphatic rings. The average molecular weight is 401 g/mol. The monoisotopic (exact) mass is 401 g/mol. The maximum absolute atomic E-state index is 13.0. The number of nitrogens with zero attached hydrogens (tertiary/aromatic N) is 3. The van der Waals surface area contributed by atoms with Gasteiger partial charge in [-0.2, -0.15) is 11.3 Å². The second-order valence-electron chi connectivity index (χ2n) is 6.14. The summed E-state index contributed by atoms with van der Waals surface area (Å²) in [5, 5.41) is 6.61. The van der Waals surface area contributed by atoms with Crippen molar-refractivity contribution in [3.63, 3.8) is 0 Å². The third-order valence-electron chi connectivity index (χ3n) is 4.44. The summed E-state index contributed by atoms with van der Waals surface area (Å²) in [7, 11) is 0.